The minimum atomic E-state index is -1.30. The Hall–Kier alpha value is -6.55. The van der Waals surface area contributed by atoms with Gasteiger partial charge in [0.1, 0.15) is 23.0 Å². The average molecular weight is 813 g/mol. The van der Waals surface area contributed by atoms with Crippen LogP contribution < -0.4 is 26.4 Å². The first-order valence-electron chi connectivity index (χ1n) is 19.1. The van der Waals surface area contributed by atoms with E-state index in [1.165, 1.54) is 75.6 Å². The van der Waals surface area contributed by atoms with Gasteiger partial charge in [0.25, 0.3) is 11.8 Å². The van der Waals surface area contributed by atoms with Gasteiger partial charge in [-0.1, -0.05) is 46.9 Å². The number of rotatable bonds is 18. The molecule has 1 aliphatic carbocycles. The summed E-state index contributed by atoms with van der Waals surface area (Å²) < 4.78 is 27.0. The van der Waals surface area contributed by atoms with Crippen molar-refractivity contribution in [3.05, 3.63) is 95.5 Å². The van der Waals surface area contributed by atoms with Gasteiger partial charge >= 0.3 is 18.0 Å². The molecule has 314 valence electrons. The molecule has 1 saturated carbocycles. The quantitative estimate of drug-likeness (QED) is 0.0309. The molecular weight excluding hydrogens is 761 g/mol. The monoisotopic (exact) mass is 812 g/mol. The smallest absolute Gasteiger partial charge is 0.415 e. The predicted octanol–water partition coefficient (Wildman–Crippen LogP) is 6.41. The number of amidine groups is 1. The molecule has 1 aromatic heterocycles. The predicted molar refractivity (Wildman–Crippen MR) is 221 cm³/mol. The first-order valence-corrected chi connectivity index (χ1v) is 19.1. The van der Waals surface area contributed by atoms with Gasteiger partial charge in [-0.2, -0.15) is 0 Å². The third kappa shape index (κ3) is 12.5. The molecule has 59 heavy (non-hydrogen) atoms. The number of alkyl carbamates (subject to hydrolysis) is 1. The van der Waals surface area contributed by atoms with Gasteiger partial charge in [0, 0.05) is 53.9 Å². The van der Waals surface area contributed by atoms with Gasteiger partial charge in [-0.25, -0.2) is 14.6 Å². The maximum absolute atomic E-state index is 14.1. The Balaban J connectivity index is 1.60. The van der Waals surface area contributed by atoms with E-state index in [2.05, 4.69) is 34.1 Å². The molecule has 2 unspecified atom stereocenters. The van der Waals surface area contributed by atoms with E-state index in [9.17, 15) is 24.0 Å². The summed E-state index contributed by atoms with van der Waals surface area (Å²) in [4.78, 5) is 70.1. The molecule has 0 radical (unpaired) electrons. The van der Waals surface area contributed by atoms with E-state index in [4.69, 9.17) is 34.8 Å². The van der Waals surface area contributed by atoms with Gasteiger partial charge in [0.2, 0.25) is 12.6 Å². The van der Waals surface area contributed by atoms with Crippen LogP contribution >= 0.6 is 0 Å². The van der Waals surface area contributed by atoms with Crippen LogP contribution in [0, 0.1) is 23.2 Å². The summed E-state index contributed by atoms with van der Waals surface area (Å²) >= 11 is 0. The summed E-state index contributed by atoms with van der Waals surface area (Å²) in [5, 5.41) is 16.3. The van der Waals surface area contributed by atoms with Crippen molar-refractivity contribution in [2.75, 3.05) is 19.0 Å². The van der Waals surface area contributed by atoms with Gasteiger partial charge in [-0.3, -0.25) is 25.1 Å². The number of benzene rings is 2. The summed E-state index contributed by atoms with van der Waals surface area (Å²) in [5.74, 6) is -2.49. The van der Waals surface area contributed by atoms with E-state index >= 15 is 0 Å². The average Bonchev–Trinajstić information content (AvgIpc) is 4.03. The summed E-state index contributed by atoms with van der Waals surface area (Å²) in [6, 6.07) is 11.5. The highest BCUT2D eigenvalue weighted by atomic mass is 16.7. The second kappa shape index (κ2) is 20.2. The molecule has 3 aromatic rings. The molecule has 0 saturated heterocycles. The van der Waals surface area contributed by atoms with Crippen LogP contribution in [0.1, 0.15) is 96.8 Å². The lowest BCUT2D eigenvalue weighted by molar-refractivity contribution is -0.169. The molecular formula is C43H52N6O10. The minimum Gasteiger partial charge on any atom is -0.496 e. The van der Waals surface area contributed by atoms with Crippen LogP contribution in [0.4, 0.5) is 10.5 Å². The van der Waals surface area contributed by atoms with Crippen LogP contribution in [0.2, 0.25) is 0 Å². The van der Waals surface area contributed by atoms with Gasteiger partial charge < -0.3 is 40.1 Å². The number of hydrogen-bond donors (Lipinski definition) is 5. The summed E-state index contributed by atoms with van der Waals surface area (Å²) in [7, 11) is 1.43. The number of carbonyl (C=O) groups is 5. The molecule has 3 amide bonds. The molecule has 1 fully saturated rings. The van der Waals surface area contributed by atoms with E-state index in [1.54, 1.807) is 13.8 Å². The molecule has 1 heterocycles. The number of methoxy groups -OCH3 is 1. The number of aromatic nitrogens is 1. The number of nitrogens with two attached hydrogens (primary N) is 1. The van der Waals surface area contributed by atoms with E-state index in [1.807, 2.05) is 13.8 Å². The molecule has 16 heteroatoms. The fourth-order valence-electron chi connectivity index (χ4n) is 5.44. The number of pyridine rings is 1. The Morgan fingerprint density at radius 3 is 2.15 bits per heavy atom. The summed E-state index contributed by atoms with van der Waals surface area (Å²) in [6.07, 6.45) is 0.247. The maximum Gasteiger partial charge on any atom is 0.415 e. The number of esters is 2. The van der Waals surface area contributed by atoms with E-state index < -0.39 is 54.4 Å². The van der Waals surface area contributed by atoms with Gasteiger partial charge in [0.05, 0.1) is 19.1 Å². The summed E-state index contributed by atoms with van der Waals surface area (Å²) in [5.41, 5.74) is 7.07. The largest absolute Gasteiger partial charge is 0.496 e. The Kier molecular flexibility index (Phi) is 15.5. The Bertz CT molecular complexity index is 2090. The highest BCUT2D eigenvalue weighted by Crippen LogP contribution is 2.35. The molecule has 0 bridgehead atoms. The lowest BCUT2D eigenvalue weighted by Crippen LogP contribution is -2.36. The molecule has 16 nitrogen and oxygen atoms in total. The van der Waals surface area contributed by atoms with E-state index in [0.29, 0.717) is 35.0 Å². The number of amides is 3. The molecule has 1 aliphatic rings. The van der Waals surface area contributed by atoms with Crippen molar-refractivity contribution in [1.29, 1.82) is 5.41 Å². The second-order valence-corrected chi connectivity index (χ2v) is 14.5. The third-order valence-electron chi connectivity index (χ3n) is 9.06. The number of hydrogen-bond acceptors (Lipinski definition) is 13. The van der Waals surface area contributed by atoms with Crippen molar-refractivity contribution in [2.24, 2.45) is 23.5 Å². The van der Waals surface area contributed by atoms with Crippen LogP contribution in [0.25, 0.3) is 17.2 Å². The Morgan fingerprint density at radius 1 is 0.898 bits per heavy atom. The minimum absolute atomic E-state index is 0.0568. The molecule has 0 aliphatic heterocycles. The molecule has 3 atom stereocenters. The van der Waals surface area contributed by atoms with Crippen molar-refractivity contribution in [3.8, 4) is 16.9 Å². The van der Waals surface area contributed by atoms with Gasteiger partial charge in [-0.15, -0.1) is 0 Å². The standard InChI is InChI=1S/C43H52N6O10/c1-10-28-19-33(39(50)47-30-15-13-29(14-16-30)38(45)49-43(54)59-25(7)56-24(6)36(44)22(2)3)32(20-35(28)55-9)31-17-18-34(40(51)46-21-27-11-12-27)48-37(31)42(53)58-26(8)57-41(52)23(4)5/h10,13-20,22-23,25-27,36H,1,6,11-12,21,44H2,2-5,7-9H3,(H,46,51)(H,47,50)(H2,45,49,54)/t25?,26?,36-/m0/s1. The molecule has 2 aromatic carbocycles. The van der Waals surface area contributed by atoms with E-state index in [-0.39, 0.29) is 45.6 Å². The Morgan fingerprint density at radius 2 is 1.56 bits per heavy atom. The number of anilines is 1. The van der Waals surface area contributed by atoms with Crippen molar-refractivity contribution < 1.29 is 47.7 Å². The van der Waals surface area contributed by atoms with Crippen molar-refractivity contribution in [1.82, 2.24) is 15.6 Å². The lowest BCUT2D eigenvalue weighted by Gasteiger charge is -2.22. The van der Waals surface area contributed by atoms with Crippen LogP contribution in [-0.4, -0.2) is 72.9 Å². The SMILES string of the molecule is C=Cc1cc(C(=O)Nc2ccc(C(=N)NC(=O)OC(C)OC(=C)[C@@H](N)C(C)C)cc2)c(-c2ccc(C(=O)NCC3CC3)nc2C(=O)OC(C)OC(=O)C(C)C)cc1OC. The van der Waals surface area contributed by atoms with Crippen LogP contribution in [0.3, 0.4) is 0 Å². The first-order chi connectivity index (χ1) is 27.9. The zero-order valence-electron chi connectivity index (χ0n) is 34.3. The van der Waals surface area contributed by atoms with Crippen LogP contribution in [0.5, 0.6) is 5.75 Å². The third-order valence-corrected chi connectivity index (χ3v) is 9.06. The molecule has 6 N–H and O–H groups in total. The number of ether oxygens (including phenoxy) is 5. The topological polar surface area (TPSA) is 230 Å². The summed E-state index contributed by atoms with van der Waals surface area (Å²) in [6.45, 7) is 18.0. The van der Waals surface area contributed by atoms with Crippen LogP contribution in [0.15, 0.2) is 67.4 Å². The van der Waals surface area contributed by atoms with Crippen LogP contribution in [-0.2, 0) is 23.7 Å². The molecule has 4 rings (SSSR count). The van der Waals surface area contributed by atoms with Crippen molar-refractivity contribution >= 4 is 47.4 Å². The second-order valence-electron chi connectivity index (χ2n) is 14.5. The number of nitrogens with zero attached hydrogens (tertiary/aromatic N) is 1. The first kappa shape index (κ1) is 45.2. The molecule has 0 spiro atoms. The fourth-order valence-corrected chi connectivity index (χ4v) is 5.44. The van der Waals surface area contributed by atoms with Gasteiger partial charge in [0.15, 0.2) is 5.69 Å². The Labute approximate surface area is 343 Å². The van der Waals surface area contributed by atoms with Gasteiger partial charge in [-0.05, 0) is 73.2 Å². The normalized spacial score (nSPS) is 13.6. The van der Waals surface area contributed by atoms with E-state index in [0.717, 1.165) is 12.8 Å². The lowest BCUT2D eigenvalue weighted by atomic mass is 9.94. The highest BCUT2D eigenvalue weighted by Gasteiger charge is 2.28. The van der Waals surface area contributed by atoms with Crippen molar-refractivity contribution in [3.63, 3.8) is 0 Å². The van der Waals surface area contributed by atoms with Crippen molar-refractivity contribution in [2.45, 2.75) is 73.0 Å². The zero-order valence-corrected chi connectivity index (χ0v) is 34.3. The fraction of sp³-hybridized carbons (Fsp3) is 0.372. The number of nitrogens with one attached hydrogen (secondary N) is 4. The number of carbonyl (C=O) groups excluding carboxylic acids is 5. The maximum atomic E-state index is 14.1. The zero-order chi connectivity index (χ0) is 43.6. The highest BCUT2D eigenvalue weighted by molar-refractivity contribution is 6.11.